The van der Waals surface area contributed by atoms with Crippen molar-refractivity contribution in [2.45, 2.75) is 13.1 Å². The van der Waals surface area contributed by atoms with Crippen LogP contribution in [0, 0.1) is 0 Å². The summed E-state index contributed by atoms with van der Waals surface area (Å²) in [5.74, 6) is 0.996. The van der Waals surface area contributed by atoms with Gasteiger partial charge in [-0.3, -0.25) is 4.57 Å². The second-order valence-corrected chi connectivity index (χ2v) is 8.25. The maximum Gasteiger partial charge on any atom is 0.346 e. The molecule has 0 atom stereocenters. The van der Waals surface area contributed by atoms with E-state index in [4.69, 9.17) is 5.73 Å². The quantitative estimate of drug-likeness (QED) is 0.590. The van der Waals surface area contributed by atoms with E-state index in [0.29, 0.717) is 18.4 Å². The maximum absolute atomic E-state index is 12.7. The van der Waals surface area contributed by atoms with Crippen molar-refractivity contribution in [1.29, 1.82) is 0 Å². The first-order valence-electron chi connectivity index (χ1n) is 9.79. The minimum atomic E-state index is -0.292. The first-order chi connectivity index (χ1) is 14.7. The van der Waals surface area contributed by atoms with Crippen molar-refractivity contribution in [2.24, 2.45) is 5.73 Å². The van der Waals surface area contributed by atoms with Crippen molar-refractivity contribution in [3.05, 3.63) is 64.1 Å². The summed E-state index contributed by atoms with van der Waals surface area (Å²) in [6, 6.07) is 8.18. The van der Waals surface area contributed by atoms with Crippen LogP contribution in [0.2, 0.25) is 0 Å². The summed E-state index contributed by atoms with van der Waals surface area (Å²) in [5, 5.41) is 7.40. The molecule has 0 saturated carbocycles. The number of rotatable bonds is 7. The Bertz CT molecular complexity index is 1060. The monoisotopic (exact) mass is 429 g/mol. The Morgan fingerprint density at radius 3 is 2.80 bits per heavy atom. The van der Waals surface area contributed by atoms with Gasteiger partial charge in [0.25, 0.3) is 0 Å². The summed E-state index contributed by atoms with van der Waals surface area (Å²) in [6.45, 7) is 4.40. The molecule has 0 radical (unpaired) electrons. The van der Waals surface area contributed by atoms with Crippen LogP contribution in [-0.2, 0) is 13.1 Å². The summed E-state index contributed by atoms with van der Waals surface area (Å²) >= 11 is 1.61. The number of aromatic nitrogens is 4. The molecule has 3 aromatic heterocycles. The lowest BCUT2D eigenvalue weighted by Gasteiger charge is -2.28. The number of pyridine rings is 1. The molecule has 0 amide bonds. The molecule has 10 heteroatoms. The SMILES string of the molecule is NC/C(=C\F)Cn1ncn(Cc2ccc(-c3ccc(N4CCNCC4)nc3)s2)c1=O. The molecule has 0 unspecified atom stereocenters. The fraction of sp³-hybridized carbons (Fsp3) is 0.350. The van der Waals surface area contributed by atoms with E-state index in [1.54, 1.807) is 11.3 Å². The fourth-order valence-corrected chi connectivity index (χ4v) is 4.32. The third kappa shape index (κ3) is 4.50. The van der Waals surface area contributed by atoms with Gasteiger partial charge in [0.05, 0.1) is 19.4 Å². The minimum Gasteiger partial charge on any atom is -0.354 e. The third-order valence-corrected chi connectivity index (χ3v) is 6.15. The largest absolute Gasteiger partial charge is 0.354 e. The highest BCUT2D eigenvalue weighted by Crippen LogP contribution is 2.29. The molecular weight excluding hydrogens is 405 g/mol. The van der Waals surface area contributed by atoms with Crippen molar-refractivity contribution in [3.63, 3.8) is 0 Å². The van der Waals surface area contributed by atoms with Crippen LogP contribution in [0.5, 0.6) is 0 Å². The zero-order chi connectivity index (χ0) is 20.9. The summed E-state index contributed by atoms with van der Waals surface area (Å²) in [5.41, 5.74) is 6.53. The number of nitrogens with one attached hydrogen (secondary N) is 1. The second kappa shape index (κ2) is 9.33. The number of nitrogens with two attached hydrogens (primary N) is 1. The summed E-state index contributed by atoms with van der Waals surface area (Å²) in [7, 11) is 0. The topological polar surface area (TPSA) is 94.0 Å². The molecule has 0 bridgehead atoms. The lowest BCUT2D eigenvalue weighted by atomic mass is 10.2. The van der Waals surface area contributed by atoms with Crippen LogP contribution in [0.1, 0.15) is 4.88 Å². The predicted molar refractivity (Wildman–Crippen MR) is 116 cm³/mol. The number of halogens is 1. The number of nitrogens with zero attached hydrogens (tertiary/aromatic N) is 5. The standard InChI is InChI=1S/C20H24FN7OS/c21-9-15(10-22)12-28-20(29)27(14-25-28)13-17-2-3-18(30-17)16-1-4-19(24-11-16)26-7-5-23-6-8-26/h1-4,9,11,14,23H,5-8,10,12-13,22H2/b15-9+. The summed E-state index contributed by atoms with van der Waals surface area (Å²) in [4.78, 5) is 21.5. The van der Waals surface area contributed by atoms with E-state index in [1.807, 2.05) is 18.3 Å². The normalized spacial score (nSPS) is 15.0. The zero-order valence-electron chi connectivity index (χ0n) is 16.5. The zero-order valence-corrected chi connectivity index (χ0v) is 17.3. The molecule has 4 rings (SSSR count). The molecule has 3 aromatic rings. The van der Waals surface area contributed by atoms with Gasteiger partial charge >= 0.3 is 5.69 Å². The van der Waals surface area contributed by atoms with Gasteiger partial charge in [-0.15, -0.1) is 11.3 Å². The molecule has 1 saturated heterocycles. The lowest BCUT2D eigenvalue weighted by Crippen LogP contribution is -2.43. The fourth-order valence-electron chi connectivity index (χ4n) is 3.32. The number of thiophene rings is 1. The van der Waals surface area contributed by atoms with Crippen molar-refractivity contribution >= 4 is 17.2 Å². The Kier molecular flexibility index (Phi) is 6.36. The van der Waals surface area contributed by atoms with Crippen molar-refractivity contribution in [2.75, 3.05) is 37.6 Å². The van der Waals surface area contributed by atoms with E-state index >= 15 is 0 Å². The van der Waals surface area contributed by atoms with Gasteiger partial charge in [0.1, 0.15) is 12.1 Å². The molecule has 0 aliphatic carbocycles. The Morgan fingerprint density at radius 1 is 1.27 bits per heavy atom. The van der Waals surface area contributed by atoms with Crippen molar-refractivity contribution < 1.29 is 4.39 Å². The molecule has 1 aliphatic heterocycles. The van der Waals surface area contributed by atoms with Crippen LogP contribution in [-0.4, -0.2) is 52.1 Å². The summed E-state index contributed by atoms with van der Waals surface area (Å²) < 4.78 is 15.4. The van der Waals surface area contributed by atoms with E-state index in [1.165, 1.54) is 15.6 Å². The smallest absolute Gasteiger partial charge is 0.346 e. The molecule has 1 aliphatic rings. The number of piperazine rings is 1. The molecule has 8 nitrogen and oxygen atoms in total. The average molecular weight is 430 g/mol. The first-order valence-corrected chi connectivity index (χ1v) is 10.6. The maximum atomic E-state index is 12.7. The molecular formula is C20H24FN7OS. The first kappa shape index (κ1) is 20.5. The Hall–Kier alpha value is -2.82. The highest BCUT2D eigenvalue weighted by molar-refractivity contribution is 7.15. The van der Waals surface area contributed by atoms with Crippen molar-refractivity contribution in [3.8, 4) is 10.4 Å². The highest BCUT2D eigenvalue weighted by atomic mass is 32.1. The van der Waals surface area contributed by atoms with Crippen LogP contribution in [0.4, 0.5) is 10.2 Å². The molecule has 0 aromatic carbocycles. The van der Waals surface area contributed by atoms with Gasteiger partial charge in [-0.1, -0.05) is 0 Å². The molecule has 4 heterocycles. The Labute approximate surface area is 177 Å². The van der Waals surface area contributed by atoms with Gasteiger partial charge in [-0.2, -0.15) is 5.10 Å². The average Bonchev–Trinajstić information content (AvgIpc) is 3.40. The molecule has 30 heavy (non-hydrogen) atoms. The number of hydrogen-bond donors (Lipinski definition) is 2. The molecule has 158 valence electrons. The second-order valence-electron chi connectivity index (χ2n) is 7.08. The Morgan fingerprint density at radius 2 is 2.10 bits per heavy atom. The van der Waals surface area contributed by atoms with Gasteiger partial charge in [-0.25, -0.2) is 18.9 Å². The van der Waals surface area contributed by atoms with Gasteiger partial charge in [0, 0.05) is 54.2 Å². The van der Waals surface area contributed by atoms with Crippen molar-refractivity contribution in [1.82, 2.24) is 24.6 Å². The van der Waals surface area contributed by atoms with E-state index in [0.717, 1.165) is 47.3 Å². The Balaban J connectivity index is 1.44. The van der Waals surface area contributed by atoms with E-state index in [2.05, 4.69) is 32.4 Å². The van der Waals surface area contributed by atoms with E-state index in [9.17, 15) is 9.18 Å². The molecule has 0 spiro atoms. The van der Waals surface area contributed by atoms with E-state index < -0.39 is 0 Å². The third-order valence-electron chi connectivity index (χ3n) is 5.03. The summed E-state index contributed by atoms with van der Waals surface area (Å²) in [6.07, 6.45) is 3.80. The molecule has 1 fully saturated rings. The van der Waals surface area contributed by atoms with Crippen LogP contribution in [0.25, 0.3) is 10.4 Å². The van der Waals surface area contributed by atoms with Gasteiger partial charge in [-0.05, 0) is 29.8 Å². The van der Waals surface area contributed by atoms with Crippen LogP contribution in [0.15, 0.2) is 53.5 Å². The van der Waals surface area contributed by atoms with Gasteiger partial charge in [0.15, 0.2) is 0 Å². The lowest BCUT2D eigenvalue weighted by molar-refractivity contribution is 0.585. The van der Waals surface area contributed by atoms with E-state index in [-0.39, 0.29) is 18.8 Å². The van der Waals surface area contributed by atoms with Gasteiger partial charge in [0.2, 0.25) is 0 Å². The predicted octanol–water partition coefficient (Wildman–Crippen LogP) is 1.44. The number of hydrogen-bond acceptors (Lipinski definition) is 7. The minimum absolute atomic E-state index is 0.0472. The highest BCUT2D eigenvalue weighted by Gasteiger charge is 2.13. The van der Waals surface area contributed by atoms with Gasteiger partial charge < -0.3 is 16.0 Å². The van der Waals surface area contributed by atoms with Crippen LogP contribution in [0.3, 0.4) is 0 Å². The van der Waals surface area contributed by atoms with Crippen LogP contribution >= 0.6 is 11.3 Å². The number of anilines is 1. The molecule has 3 N–H and O–H groups in total. The van der Waals surface area contributed by atoms with Crippen LogP contribution < -0.4 is 21.6 Å².